The molecule has 2 aliphatic rings. The van der Waals surface area contributed by atoms with Crippen LogP contribution in [0.25, 0.3) is 0 Å². The molecule has 2 saturated heterocycles. The van der Waals surface area contributed by atoms with Crippen LogP contribution in [0.4, 0.5) is 5.69 Å². The Morgan fingerprint density at radius 2 is 1.87 bits per heavy atom. The van der Waals surface area contributed by atoms with E-state index in [4.69, 9.17) is 5.73 Å². The van der Waals surface area contributed by atoms with Crippen LogP contribution in [0.3, 0.4) is 0 Å². The molecule has 122 valence electrons. The largest absolute Gasteiger partial charge is 0.369 e. The molecule has 1 aromatic carbocycles. The number of likely N-dealkylation sites (tertiary alicyclic amines) is 1. The Morgan fingerprint density at radius 3 is 2.39 bits per heavy atom. The standard InChI is InChI=1S/C17H21N3O3/c1-11-9-19(10-14(11)16(18)22)17(23)12-4-6-13(7-5-12)20-8-2-3-15(20)21/h4-7,11,14H,2-3,8-10H2,1H3,(H2,18,22)/t11-,14-/m1/s1. The number of rotatable bonds is 3. The minimum atomic E-state index is -0.351. The summed E-state index contributed by atoms with van der Waals surface area (Å²) in [5.41, 5.74) is 6.77. The van der Waals surface area contributed by atoms with Crippen molar-refractivity contribution < 1.29 is 14.4 Å². The molecule has 0 spiro atoms. The first kappa shape index (κ1) is 15.5. The highest BCUT2D eigenvalue weighted by molar-refractivity contribution is 5.98. The first-order valence-corrected chi connectivity index (χ1v) is 7.96. The Morgan fingerprint density at radius 1 is 1.17 bits per heavy atom. The van der Waals surface area contributed by atoms with Gasteiger partial charge in [-0.2, -0.15) is 0 Å². The molecule has 0 unspecified atom stereocenters. The third kappa shape index (κ3) is 2.93. The van der Waals surface area contributed by atoms with Crippen LogP contribution >= 0.6 is 0 Å². The minimum absolute atomic E-state index is 0.0814. The van der Waals surface area contributed by atoms with Crippen molar-refractivity contribution in [3.05, 3.63) is 29.8 Å². The van der Waals surface area contributed by atoms with E-state index in [1.54, 1.807) is 21.9 Å². The molecule has 2 aliphatic heterocycles. The molecule has 0 bridgehead atoms. The molecule has 2 atom stereocenters. The molecule has 0 aliphatic carbocycles. The molecule has 23 heavy (non-hydrogen) atoms. The van der Waals surface area contributed by atoms with Gasteiger partial charge in [-0.1, -0.05) is 6.92 Å². The van der Waals surface area contributed by atoms with Crippen molar-refractivity contribution in [2.24, 2.45) is 17.6 Å². The fourth-order valence-electron chi connectivity index (χ4n) is 3.39. The number of carbonyl (C=O) groups is 3. The topological polar surface area (TPSA) is 83.7 Å². The Bertz CT molecular complexity index is 641. The van der Waals surface area contributed by atoms with E-state index in [9.17, 15) is 14.4 Å². The third-order valence-corrected chi connectivity index (χ3v) is 4.76. The van der Waals surface area contributed by atoms with Gasteiger partial charge in [0, 0.05) is 37.3 Å². The Balaban J connectivity index is 1.71. The molecule has 2 N–H and O–H groups in total. The molecule has 6 heteroatoms. The summed E-state index contributed by atoms with van der Waals surface area (Å²) in [6.07, 6.45) is 1.46. The van der Waals surface area contributed by atoms with Crippen molar-refractivity contribution in [3.63, 3.8) is 0 Å². The van der Waals surface area contributed by atoms with Crippen molar-refractivity contribution in [2.75, 3.05) is 24.5 Å². The van der Waals surface area contributed by atoms with Gasteiger partial charge in [0.2, 0.25) is 11.8 Å². The SMILES string of the molecule is C[C@@H]1CN(C(=O)c2ccc(N3CCCC3=O)cc2)C[C@H]1C(N)=O. The first-order valence-electron chi connectivity index (χ1n) is 7.96. The molecule has 3 rings (SSSR count). The zero-order valence-electron chi connectivity index (χ0n) is 13.2. The van der Waals surface area contributed by atoms with E-state index in [2.05, 4.69) is 0 Å². The third-order valence-electron chi connectivity index (χ3n) is 4.76. The molecule has 3 amide bonds. The zero-order chi connectivity index (χ0) is 16.6. The van der Waals surface area contributed by atoms with Crippen LogP contribution in [-0.4, -0.2) is 42.3 Å². The lowest BCUT2D eigenvalue weighted by Crippen LogP contribution is -2.32. The van der Waals surface area contributed by atoms with Crippen molar-refractivity contribution in [3.8, 4) is 0 Å². The van der Waals surface area contributed by atoms with Crippen LogP contribution in [0, 0.1) is 11.8 Å². The number of benzene rings is 1. The molecule has 2 fully saturated rings. The second kappa shape index (κ2) is 6.02. The normalized spacial score (nSPS) is 24.3. The van der Waals surface area contributed by atoms with E-state index in [0.29, 0.717) is 25.1 Å². The maximum absolute atomic E-state index is 12.6. The molecule has 0 aromatic heterocycles. The summed E-state index contributed by atoms with van der Waals surface area (Å²) in [5.74, 6) is -0.518. The van der Waals surface area contributed by atoms with Gasteiger partial charge in [-0.3, -0.25) is 14.4 Å². The fraction of sp³-hybridized carbons (Fsp3) is 0.471. The molecular weight excluding hydrogens is 294 g/mol. The van der Waals surface area contributed by atoms with Gasteiger partial charge in [0.15, 0.2) is 0 Å². The lowest BCUT2D eigenvalue weighted by molar-refractivity contribution is -0.122. The molecule has 0 saturated carbocycles. The van der Waals surface area contributed by atoms with Crippen LogP contribution < -0.4 is 10.6 Å². The van der Waals surface area contributed by atoms with Gasteiger partial charge in [0.1, 0.15) is 0 Å². The van der Waals surface area contributed by atoms with Crippen LogP contribution in [0.15, 0.2) is 24.3 Å². The summed E-state index contributed by atoms with van der Waals surface area (Å²) >= 11 is 0. The maximum atomic E-state index is 12.6. The summed E-state index contributed by atoms with van der Waals surface area (Å²) in [4.78, 5) is 39.1. The number of hydrogen-bond acceptors (Lipinski definition) is 3. The quantitative estimate of drug-likeness (QED) is 0.903. The van der Waals surface area contributed by atoms with E-state index in [0.717, 1.165) is 18.7 Å². The van der Waals surface area contributed by atoms with E-state index >= 15 is 0 Å². The number of primary amides is 1. The molecule has 2 heterocycles. The van der Waals surface area contributed by atoms with E-state index < -0.39 is 0 Å². The molecule has 0 radical (unpaired) electrons. The number of amides is 3. The lowest BCUT2D eigenvalue weighted by Gasteiger charge is -2.18. The molecular formula is C17H21N3O3. The van der Waals surface area contributed by atoms with Gasteiger partial charge in [0.25, 0.3) is 5.91 Å². The second-order valence-corrected chi connectivity index (χ2v) is 6.39. The molecule has 1 aromatic rings. The zero-order valence-corrected chi connectivity index (χ0v) is 13.2. The predicted octanol–water partition coefficient (Wildman–Crippen LogP) is 1.01. The predicted molar refractivity (Wildman–Crippen MR) is 85.8 cm³/mol. The van der Waals surface area contributed by atoms with Gasteiger partial charge in [0.05, 0.1) is 5.92 Å². The van der Waals surface area contributed by atoms with Crippen LogP contribution in [-0.2, 0) is 9.59 Å². The lowest BCUT2D eigenvalue weighted by atomic mass is 9.98. The van der Waals surface area contributed by atoms with Crippen LogP contribution in [0.2, 0.25) is 0 Å². The summed E-state index contributed by atoms with van der Waals surface area (Å²) in [7, 11) is 0. The fourth-order valence-corrected chi connectivity index (χ4v) is 3.39. The Labute approximate surface area is 135 Å². The maximum Gasteiger partial charge on any atom is 0.253 e. The number of hydrogen-bond donors (Lipinski definition) is 1. The number of nitrogens with zero attached hydrogens (tertiary/aromatic N) is 2. The van der Waals surface area contributed by atoms with E-state index in [1.165, 1.54) is 0 Å². The number of nitrogens with two attached hydrogens (primary N) is 1. The average molecular weight is 315 g/mol. The van der Waals surface area contributed by atoms with Crippen molar-refractivity contribution in [1.29, 1.82) is 0 Å². The summed E-state index contributed by atoms with van der Waals surface area (Å²) < 4.78 is 0. The summed E-state index contributed by atoms with van der Waals surface area (Å²) in [6, 6.07) is 7.10. The van der Waals surface area contributed by atoms with Gasteiger partial charge in [-0.05, 0) is 36.6 Å². The summed E-state index contributed by atoms with van der Waals surface area (Å²) in [6.45, 7) is 3.58. The van der Waals surface area contributed by atoms with E-state index in [1.807, 2.05) is 19.1 Å². The summed E-state index contributed by atoms with van der Waals surface area (Å²) in [5, 5.41) is 0. The van der Waals surface area contributed by atoms with Gasteiger partial charge in [-0.25, -0.2) is 0 Å². The monoisotopic (exact) mass is 315 g/mol. The van der Waals surface area contributed by atoms with Gasteiger partial charge in [-0.15, -0.1) is 0 Å². The van der Waals surface area contributed by atoms with Crippen LogP contribution in [0.5, 0.6) is 0 Å². The number of anilines is 1. The average Bonchev–Trinajstić information content (AvgIpc) is 3.12. The Kier molecular flexibility index (Phi) is 4.07. The van der Waals surface area contributed by atoms with Crippen LogP contribution in [0.1, 0.15) is 30.1 Å². The second-order valence-electron chi connectivity index (χ2n) is 6.39. The number of carbonyl (C=O) groups excluding carboxylic acids is 3. The van der Waals surface area contributed by atoms with Crippen molar-refractivity contribution in [2.45, 2.75) is 19.8 Å². The smallest absolute Gasteiger partial charge is 0.253 e. The highest BCUT2D eigenvalue weighted by atomic mass is 16.2. The first-order chi connectivity index (χ1) is 11.0. The minimum Gasteiger partial charge on any atom is -0.369 e. The van der Waals surface area contributed by atoms with Crippen molar-refractivity contribution in [1.82, 2.24) is 4.90 Å². The Hall–Kier alpha value is -2.37. The van der Waals surface area contributed by atoms with Gasteiger partial charge >= 0.3 is 0 Å². The molecule has 6 nitrogen and oxygen atoms in total. The highest BCUT2D eigenvalue weighted by Gasteiger charge is 2.36. The highest BCUT2D eigenvalue weighted by Crippen LogP contribution is 2.26. The van der Waals surface area contributed by atoms with E-state index in [-0.39, 0.29) is 29.6 Å². The van der Waals surface area contributed by atoms with Gasteiger partial charge < -0.3 is 15.5 Å². The van der Waals surface area contributed by atoms with Crippen molar-refractivity contribution >= 4 is 23.4 Å².